The lowest BCUT2D eigenvalue weighted by Crippen LogP contribution is -2.14. The number of likely N-dealkylation sites (tertiary alicyclic amines) is 1. The molecule has 5 heteroatoms. The predicted octanol–water partition coefficient (Wildman–Crippen LogP) is 0.594. The first-order valence-corrected chi connectivity index (χ1v) is 4.91. The summed E-state index contributed by atoms with van der Waals surface area (Å²) in [5, 5.41) is 8.77. The molecule has 0 aliphatic carbocycles. The molecule has 0 spiro atoms. The van der Waals surface area contributed by atoms with Crippen molar-refractivity contribution < 1.29 is 9.90 Å². The topological polar surface area (TPSA) is 66.3 Å². The molecule has 1 aliphatic rings. The van der Waals surface area contributed by atoms with E-state index >= 15 is 0 Å². The molecular weight excluding hydrogens is 194 g/mol. The van der Waals surface area contributed by atoms with Gasteiger partial charge in [-0.05, 0) is 26.1 Å². The van der Waals surface area contributed by atoms with Crippen LogP contribution in [0.25, 0.3) is 0 Å². The normalized spacial score (nSPS) is 21.8. The highest BCUT2D eigenvalue weighted by Crippen LogP contribution is 2.24. The fraction of sp³-hybridized carbons (Fsp3) is 0.500. The highest BCUT2D eigenvalue weighted by molar-refractivity contribution is 5.82. The van der Waals surface area contributed by atoms with Gasteiger partial charge in [0.1, 0.15) is 0 Å². The van der Waals surface area contributed by atoms with Crippen LogP contribution >= 0.6 is 0 Å². The van der Waals surface area contributed by atoms with E-state index < -0.39 is 5.97 Å². The lowest BCUT2D eigenvalue weighted by Gasteiger charge is -2.09. The summed E-state index contributed by atoms with van der Waals surface area (Å²) in [4.78, 5) is 20.7. The van der Waals surface area contributed by atoms with Gasteiger partial charge in [-0.15, -0.1) is 0 Å². The van der Waals surface area contributed by atoms with Gasteiger partial charge in [0.05, 0.1) is 0 Å². The quantitative estimate of drug-likeness (QED) is 0.769. The fourth-order valence-electron chi connectivity index (χ4n) is 1.88. The first kappa shape index (κ1) is 10.0. The Balaban J connectivity index is 2.21. The second-order valence-electron chi connectivity index (χ2n) is 3.86. The Bertz CT molecular complexity index is 381. The van der Waals surface area contributed by atoms with Crippen LogP contribution in [0.4, 0.5) is 0 Å². The average molecular weight is 207 g/mol. The number of likely N-dealkylation sites (N-methyl/N-ethyl adjacent to an activating group) is 1. The molecule has 0 saturated carbocycles. The maximum atomic E-state index is 10.7. The molecule has 5 nitrogen and oxygen atoms in total. The fourth-order valence-corrected chi connectivity index (χ4v) is 1.88. The molecule has 2 heterocycles. The largest absolute Gasteiger partial charge is 0.475 e. The van der Waals surface area contributed by atoms with Gasteiger partial charge in [0.15, 0.2) is 0 Å². The molecule has 80 valence electrons. The van der Waals surface area contributed by atoms with Crippen molar-refractivity contribution in [1.29, 1.82) is 0 Å². The van der Waals surface area contributed by atoms with Gasteiger partial charge in [0, 0.05) is 24.4 Å². The van der Waals surface area contributed by atoms with Gasteiger partial charge in [-0.1, -0.05) is 0 Å². The smallest absolute Gasteiger partial charge is 0.373 e. The van der Waals surface area contributed by atoms with E-state index in [1.165, 1.54) is 6.20 Å². The minimum Gasteiger partial charge on any atom is -0.475 e. The molecule has 1 aromatic heterocycles. The third kappa shape index (κ3) is 2.12. The minimum absolute atomic E-state index is 0.109. The van der Waals surface area contributed by atoms with E-state index in [9.17, 15) is 4.79 Å². The number of rotatable bonds is 2. The molecule has 0 bridgehead atoms. The zero-order valence-electron chi connectivity index (χ0n) is 8.55. The first-order valence-electron chi connectivity index (χ1n) is 4.91. The van der Waals surface area contributed by atoms with Crippen molar-refractivity contribution in [3.63, 3.8) is 0 Å². The Morgan fingerprint density at radius 3 is 3.07 bits per heavy atom. The molecule has 1 saturated heterocycles. The van der Waals surface area contributed by atoms with Crippen LogP contribution in [0.5, 0.6) is 0 Å². The van der Waals surface area contributed by atoms with E-state index in [2.05, 4.69) is 21.9 Å². The van der Waals surface area contributed by atoms with Crippen LogP contribution in [0.15, 0.2) is 12.3 Å². The lowest BCUT2D eigenvalue weighted by atomic mass is 10.1. The molecule has 1 N–H and O–H groups in total. The Morgan fingerprint density at radius 1 is 1.67 bits per heavy atom. The molecule has 1 atom stereocenters. The average Bonchev–Trinajstić information content (AvgIpc) is 2.65. The number of hydrogen-bond donors (Lipinski definition) is 1. The summed E-state index contributed by atoms with van der Waals surface area (Å²) in [5.74, 6) is -0.832. The third-order valence-electron chi connectivity index (χ3n) is 2.68. The summed E-state index contributed by atoms with van der Waals surface area (Å²) in [6.07, 6.45) is 2.55. The summed E-state index contributed by atoms with van der Waals surface area (Å²) in [6, 6.07) is 1.80. The Kier molecular flexibility index (Phi) is 2.64. The van der Waals surface area contributed by atoms with Gasteiger partial charge >= 0.3 is 5.97 Å². The van der Waals surface area contributed by atoms with Crippen molar-refractivity contribution in [2.45, 2.75) is 12.3 Å². The molecule has 0 aromatic carbocycles. The molecule has 2 rings (SSSR count). The van der Waals surface area contributed by atoms with Crippen molar-refractivity contribution in [3.8, 4) is 0 Å². The van der Waals surface area contributed by atoms with Crippen molar-refractivity contribution in [1.82, 2.24) is 14.9 Å². The first-order chi connectivity index (χ1) is 7.16. The molecule has 1 unspecified atom stereocenters. The van der Waals surface area contributed by atoms with E-state index in [4.69, 9.17) is 5.11 Å². The van der Waals surface area contributed by atoms with Crippen molar-refractivity contribution in [2.75, 3.05) is 20.1 Å². The Labute approximate surface area is 87.8 Å². The third-order valence-corrected chi connectivity index (χ3v) is 2.68. The molecule has 0 amide bonds. The molecule has 15 heavy (non-hydrogen) atoms. The van der Waals surface area contributed by atoms with Crippen LogP contribution in [0, 0.1) is 0 Å². The Hall–Kier alpha value is -1.49. The monoisotopic (exact) mass is 207 g/mol. The zero-order chi connectivity index (χ0) is 10.8. The van der Waals surface area contributed by atoms with Crippen LogP contribution in [0.3, 0.4) is 0 Å². The summed E-state index contributed by atoms with van der Waals surface area (Å²) in [7, 11) is 2.05. The predicted molar refractivity (Wildman–Crippen MR) is 53.8 cm³/mol. The second kappa shape index (κ2) is 3.94. The standard InChI is InChI=1S/C10H13N3O2/c1-13-5-3-7(6-13)8-2-4-11-9(12-8)10(14)15/h2,4,7H,3,5-6H2,1H3,(H,14,15). The van der Waals surface area contributed by atoms with Crippen LogP contribution in [0.1, 0.15) is 28.7 Å². The van der Waals surface area contributed by atoms with Gasteiger partial charge in [-0.25, -0.2) is 14.8 Å². The number of aromatic carboxylic acids is 1. The van der Waals surface area contributed by atoms with E-state index in [1.807, 2.05) is 0 Å². The minimum atomic E-state index is -1.07. The number of carboxylic acids is 1. The molecule has 1 aromatic rings. The number of hydrogen-bond acceptors (Lipinski definition) is 4. The maximum Gasteiger partial charge on any atom is 0.373 e. The van der Waals surface area contributed by atoms with Crippen LogP contribution in [0.2, 0.25) is 0 Å². The Morgan fingerprint density at radius 2 is 2.47 bits per heavy atom. The summed E-state index contributed by atoms with van der Waals surface area (Å²) in [6.45, 7) is 1.98. The van der Waals surface area contributed by atoms with Crippen LogP contribution in [-0.2, 0) is 0 Å². The highest BCUT2D eigenvalue weighted by atomic mass is 16.4. The van der Waals surface area contributed by atoms with Gasteiger partial charge in [0.2, 0.25) is 5.82 Å². The second-order valence-corrected chi connectivity index (χ2v) is 3.86. The number of carbonyl (C=O) groups is 1. The molecular formula is C10H13N3O2. The lowest BCUT2D eigenvalue weighted by molar-refractivity contribution is 0.0683. The van der Waals surface area contributed by atoms with Gasteiger partial charge < -0.3 is 10.0 Å². The van der Waals surface area contributed by atoms with E-state index in [-0.39, 0.29) is 5.82 Å². The summed E-state index contributed by atoms with van der Waals surface area (Å²) < 4.78 is 0. The van der Waals surface area contributed by atoms with E-state index in [1.54, 1.807) is 6.07 Å². The van der Waals surface area contributed by atoms with Gasteiger partial charge in [0.25, 0.3) is 0 Å². The zero-order valence-corrected chi connectivity index (χ0v) is 8.55. The molecule has 0 radical (unpaired) electrons. The number of aromatic nitrogens is 2. The van der Waals surface area contributed by atoms with E-state index in [0.29, 0.717) is 5.92 Å². The summed E-state index contributed by atoms with van der Waals surface area (Å²) in [5.41, 5.74) is 0.840. The molecule has 1 aliphatic heterocycles. The van der Waals surface area contributed by atoms with Crippen molar-refractivity contribution in [3.05, 3.63) is 23.8 Å². The van der Waals surface area contributed by atoms with Gasteiger partial charge in [-0.2, -0.15) is 0 Å². The maximum absolute atomic E-state index is 10.7. The van der Waals surface area contributed by atoms with E-state index in [0.717, 1.165) is 25.2 Å². The van der Waals surface area contributed by atoms with Crippen LogP contribution in [-0.4, -0.2) is 46.1 Å². The highest BCUT2D eigenvalue weighted by Gasteiger charge is 2.23. The van der Waals surface area contributed by atoms with Crippen molar-refractivity contribution in [2.24, 2.45) is 0 Å². The SMILES string of the molecule is CN1CCC(c2ccnc(C(=O)O)n2)C1. The van der Waals surface area contributed by atoms with Gasteiger partial charge in [-0.3, -0.25) is 0 Å². The summed E-state index contributed by atoms with van der Waals surface area (Å²) >= 11 is 0. The number of nitrogens with zero attached hydrogens (tertiary/aromatic N) is 3. The number of carboxylic acid groups (broad SMARTS) is 1. The van der Waals surface area contributed by atoms with Crippen molar-refractivity contribution >= 4 is 5.97 Å². The van der Waals surface area contributed by atoms with Crippen LogP contribution < -0.4 is 0 Å². The molecule has 1 fully saturated rings.